The van der Waals surface area contributed by atoms with Crippen molar-refractivity contribution in [1.82, 2.24) is 19.9 Å². The summed E-state index contributed by atoms with van der Waals surface area (Å²) in [5.74, 6) is 0.605. The standard InChI is InChI=1S/C24H24N4O3S2/c1-4-19-15(2)21-22(33-19)27-24(28(23(21)30)17-9-7-10-18(12-17)31-3)32-14-20(29)26-13-16-8-5-6-11-25-16/h5-12H,4,13-14H2,1-3H3,(H,26,29). The van der Waals surface area contributed by atoms with E-state index < -0.39 is 0 Å². The van der Waals surface area contributed by atoms with Gasteiger partial charge in [0.1, 0.15) is 10.6 Å². The normalized spacial score (nSPS) is 11.0. The summed E-state index contributed by atoms with van der Waals surface area (Å²) in [5, 5.41) is 3.96. The summed E-state index contributed by atoms with van der Waals surface area (Å²) in [4.78, 5) is 37.0. The van der Waals surface area contributed by atoms with E-state index in [2.05, 4.69) is 17.2 Å². The Morgan fingerprint density at radius 3 is 2.82 bits per heavy atom. The molecule has 4 aromatic rings. The van der Waals surface area contributed by atoms with E-state index in [-0.39, 0.29) is 17.2 Å². The van der Waals surface area contributed by atoms with Crippen molar-refractivity contribution >= 4 is 39.2 Å². The summed E-state index contributed by atoms with van der Waals surface area (Å²) in [6, 6.07) is 12.8. The Morgan fingerprint density at radius 1 is 1.24 bits per heavy atom. The minimum absolute atomic E-state index is 0.125. The molecule has 7 nitrogen and oxygen atoms in total. The third-order valence-electron chi connectivity index (χ3n) is 5.19. The molecule has 0 saturated carbocycles. The van der Waals surface area contributed by atoms with Crippen LogP contribution in [0.4, 0.5) is 0 Å². The SMILES string of the molecule is CCc1sc2nc(SCC(=O)NCc3ccccn3)n(-c3cccc(OC)c3)c(=O)c2c1C. The first-order valence-corrected chi connectivity index (χ1v) is 12.3. The lowest BCUT2D eigenvalue weighted by Crippen LogP contribution is -2.26. The molecule has 4 rings (SSSR count). The highest BCUT2D eigenvalue weighted by Gasteiger charge is 2.19. The van der Waals surface area contributed by atoms with Crippen molar-refractivity contribution in [1.29, 1.82) is 0 Å². The fourth-order valence-corrected chi connectivity index (χ4v) is 5.50. The van der Waals surface area contributed by atoms with Crippen LogP contribution in [0.1, 0.15) is 23.1 Å². The van der Waals surface area contributed by atoms with E-state index in [4.69, 9.17) is 9.72 Å². The summed E-state index contributed by atoms with van der Waals surface area (Å²) >= 11 is 2.77. The van der Waals surface area contributed by atoms with E-state index in [0.29, 0.717) is 33.4 Å². The molecule has 1 amide bonds. The van der Waals surface area contributed by atoms with Gasteiger partial charge >= 0.3 is 0 Å². The highest BCUT2D eigenvalue weighted by atomic mass is 32.2. The van der Waals surface area contributed by atoms with E-state index in [1.807, 2.05) is 43.3 Å². The van der Waals surface area contributed by atoms with Gasteiger partial charge in [-0.05, 0) is 43.2 Å². The van der Waals surface area contributed by atoms with E-state index >= 15 is 0 Å². The second-order valence-electron chi connectivity index (χ2n) is 7.31. The summed E-state index contributed by atoms with van der Waals surface area (Å²) < 4.78 is 6.92. The quantitative estimate of drug-likeness (QED) is 0.301. The Bertz CT molecular complexity index is 1350. The number of hydrogen-bond acceptors (Lipinski definition) is 7. The second kappa shape index (κ2) is 10.2. The number of thiophene rings is 1. The third-order valence-corrected chi connectivity index (χ3v) is 7.46. The Labute approximate surface area is 199 Å². The molecule has 33 heavy (non-hydrogen) atoms. The van der Waals surface area contributed by atoms with Gasteiger partial charge in [0.05, 0.1) is 36.2 Å². The maximum Gasteiger partial charge on any atom is 0.267 e. The first-order chi connectivity index (χ1) is 16.0. The van der Waals surface area contributed by atoms with Crippen molar-refractivity contribution in [3.63, 3.8) is 0 Å². The zero-order valence-corrected chi connectivity index (χ0v) is 20.3. The molecule has 0 aliphatic rings. The number of benzene rings is 1. The summed E-state index contributed by atoms with van der Waals surface area (Å²) in [5.41, 5.74) is 2.26. The van der Waals surface area contributed by atoms with Crippen LogP contribution in [-0.4, -0.2) is 33.3 Å². The van der Waals surface area contributed by atoms with Gasteiger partial charge in [-0.25, -0.2) is 4.98 Å². The lowest BCUT2D eigenvalue weighted by molar-refractivity contribution is -0.118. The number of hydrogen-bond donors (Lipinski definition) is 1. The molecule has 1 N–H and O–H groups in total. The van der Waals surface area contributed by atoms with Gasteiger partial charge < -0.3 is 10.1 Å². The number of thioether (sulfide) groups is 1. The molecule has 0 spiro atoms. The fraction of sp³-hybridized carbons (Fsp3) is 0.250. The molecule has 0 aliphatic heterocycles. The molecule has 3 aromatic heterocycles. The molecule has 9 heteroatoms. The highest BCUT2D eigenvalue weighted by molar-refractivity contribution is 7.99. The van der Waals surface area contributed by atoms with Gasteiger partial charge in [0.25, 0.3) is 5.56 Å². The van der Waals surface area contributed by atoms with Crippen LogP contribution < -0.4 is 15.6 Å². The van der Waals surface area contributed by atoms with Crippen molar-refractivity contribution in [2.45, 2.75) is 32.0 Å². The Morgan fingerprint density at radius 2 is 2.09 bits per heavy atom. The van der Waals surface area contributed by atoms with Gasteiger partial charge in [0, 0.05) is 17.1 Å². The number of aryl methyl sites for hydroxylation is 2. The number of ether oxygens (including phenoxy) is 1. The Balaban J connectivity index is 1.68. The summed E-state index contributed by atoms with van der Waals surface area (Å²) in [6.07, 6.45) is 2.53. The zero-order chi connectivity index (χ0) is 23.4. The Kier molecular flexibility index (Phi) is 7.10. The van der Waals surface area contributed by atoms with E-state index in [1.165, 1.54) is 23.1 Å². The van der Waals surface area contributed by atoms with Crippen LogP contribution >= 0.6 is 23.1 Å². The number of fused-ring (bicyclic) bond motifs is 1. The monoisotopic (exact) mass is 480 g/mol. The number of rotatable bonds is 8. The number of pyridine rings is 1. The smallest absolute Gasteiger partial charge is 0.267 e. The van der Waals surface area contributed by atoms with Gasteiger partial charge in [0.2, 0.25) is 5.91 Å². The van der Waals surface area contributed by atoms with Crippen molar-refractivity contribution in [2.75, 3.05) is 12.9 Å². The van der Waals surface area contributed by atoms with Gasteiger partial charge in [0.15, 0.2) is 5.16 Å². The zero-order valence-electron chi connectivity index (χ0n) is 18.6. The van der Waals surface area contributed by atoms with Crippen LogP contribution in [0.25, 0.3) is 15.9 Å². The van der Waals surface area contributed by atoms with Crippen molar-refractivity contribution in [3.8, 4) is 11.4 Å². The predicted octanol–water partition coefficient (Wildman–Crippen LogP) is 4.13. The molecule has 170 valence electrons. The number of carbonyl (C=O) groups excluding carboxylic acids is 1. The van der Waals surface area contributed by atoms with E-state index in [9.17, 15) is 9.59 Å². The van der Waals surface area contributed by atoms with Gasteiger partial charge in [-0.15, -0.1) is 11.3 Å². The minimum Gasteiger partial charge on any atom is -0.497 e. The molecule has 0 fully saturated rings. The molecular formula is C24H24N4O3S2. The van der Waals surface area contributed by atoms with Crippen LogP contribution in [0.15, 0.2) is 58.6 Å². The van der Waals surface area contributed by atoms with Gasteiger partial charge in [-0.2, -0.15) is 0 Å². The molecule has 1 aromatic carbocycles. The van der Waals surface area contributed by atoms with Crippen molar-refractivity contribution in [3.05, 3.63) is 75.1 Å². The fourth-order valence-electron chi connectivity index (χ4n) is 3.49. The topological polar surface area (TPSA) is 86.1 Å². The van der Waals surface area contributed by atoms with Crippen LogP contribution in [0, 0.1) is 6.92 Å². The van der Waals surface area contributed by atoms with Gasteiger partial charge in [-0.1, -0.05) is 30.8 Å². The molecule has 0 atom stereocenters. The Hall–Kier alpha value is -3.17. The van der Waals surface area contributed by atoms with Crippen LogP contribution in [0.5, 0.6) is 5.75 Å². The van der Waals surface area contributed by atoms with Crippen LogP contribution in [0.2, 0.25) is 0 Å². The summed E-state index contributed by atoms with van der Waals surface area (Å²) in [7, 11) is 1.58. The number of amides is 1. The molecule has 0 saturated heterocycles. The number of nitrogens with zero attached hydrogens (tertiary/aromatic N) is 3. The average molecular weight is 481 g/mol. The molecule has 0 bridgehead atoms. The van der Waals surface area contributed by atoms with E-state index in [0.717, 1.165) is 22.6 Å². The largest absolute Gasteiger partial charge is 0.497 e. The van der Waals surface area contributed by atoms with Crippen LogP contribution in [0.3, 0.4) is 0 Å². The van der Waals surface area contributed by atoms with Gasteiger partial charge in [-0.3, -0.25) is 19.1 Å². The molecular weight excluding hydrogens is 456 g/mol. The minimum atomic E-state index is -0.159. The summed E-state index contributed by atoms with van der Waals surface area (Å²) in [6.45, 7) is 4.38. The molecule has 0 aliphatic carbocycles. The first kappa shape index (κ1) is 23.0. The number of nitrogens with one attached hydrogen (secondary N) is 1. The van der Waals surface area contributed by atoms with Crippen LogP contribution in [-0.2, 0) is 17.8 Å². The predicted molar refractivity (Wildman–Crippen MR) is 133 cm³/mol. The maximum atomic E-state index is 13.6. The van der Waals surface area contributed by atoms with E-state index in [1.54, 1.807) is 23.9 Å². The number of aromatic nitrogens is 3. The molecule has 0 radical (unpaired) electrons. The average Bonchev–Trinajstić information content (AvgIpc) is 3.17. The highest BCUT2D eigenvalue weighted by Crippen LogP contribution is 2.31. The number of methoxy groups -OCH3 is 1. The van der Waals surface area contributed by atoms with Crippen molar-refractivity contribution in [2.24, 2.45) is 0 Å². The first-order valence-electron chi connectivity index (χ1n) is 10.5. The second-order valence-corrected chi connectivity index (χ2v) is 9.33. The van der Waals surface area contributed by atoms with Crippen molar-refractivity contribution < 1.29 is 9.53 Å². The molecule has 0 unspecified atom stereocenters. The molecule has 3 heterocycles. The maximum absolute atomic E-state index is 13.6. The third kappa shape index (κ3) is 4.94. The number of carbonyl (C=O) groups is 1. The lowest BCUT2D eigenvalue weighted by atomic mass is 10.2. The lowest BCUT2D eigenvalue weighted by Gasteiger charge is -2.13.